The van der Waals surface area contributed by atoms with Crippen LogP contribution in [0.4, 0.5) is 11.4 Å². The lowest BCUT2D eigenvalue weighted by Gasteiger charge is -2.21. The van der Waals surface area contributed by atoms with Crippen molar-refractivity contribution >= 4 is 117 Å². The van der Waals surface area contributed by atoms with E-state index in [-0.39, 0.29) is 0 Å². The molecule has 0 spiro atoms. The van der Waals surface area contributed by atoms with Crippen LogP contribution >= 0.6 is 68.0 Å². The van der Waals surface area contributed by atoms with Crippen molar-refractivity contribution < 1.29 is 0 Å². The predicted octanol–water partition coefficient (Wildman–Crippen LogP) is 18.5. The van der Waals surface area contributed by atoms with Gasteiger partial charge in [0.15, 0.2) is 0 Å². The molecule has 2 nitrogen and oxygen atoms in total. The molecule has 12 aromatic rings. The van der Waals surface area contributed by atoms with Gasteiger partial charge in [0.2, 0.25) is 0 Å². The predicted molar refractivity (Wildman–Crippen MR) is 290 cm³/mol. The number of hydrogen-bond donors (Lipinski definition) is 0. The molecule has 0 radical (unpaired) electrons. The summed E-state index contributed by atoms with van der Waals surface area (Å²) in [7, 11) is 8.54. The molecule has 0 fully saturated rings. The highest BCUT2D eigenvalue weighted by atomic mass is 32.1. The Hall–Kier alpha value is -5.84. The summed E-state index contributed by atoms with van der Waals surface area (Å²) in [5.41, 5.74) is 15.0. The van der Waals surface area contributed by atoms with E-state index in [1.54, 1.807) is 0 Å². The Morgan fingerprint density at radius 3 is 0.797 bits per heavy atom. The lowest BCUT2D eigenvalue weighted by molar-refractivity contribution is 1.13. The first-order valence-electron chi connectivity index (χ1n) is 21.2. The van der Waals surface area contributed by atoms with E-state index in [1.165, 1.54) is 124 Å². The highest BCUT2D eigenvalue weighted by Crippen LogP contribution is 2.55. The van der Waals surface area contributed by atoms with Gasteiger partial charge in [-0.2, -0.15) is 0 Å². The van der Waals surface area contributed by atoms with Crippen molar-refractivity contribution in [2.24, 2.45) is 0 Å². The van der Waals surface area contributed by atoms with Gasteiger partial charge in [0.1, 0.15) is 0 Å². The van der Waals surface area contributed by atoms with Crippen LogP contribution < -0.4 is 9.80 Å². The smallest absolute Gasteiger partial charge is 0.0636 e. The molecule has 0 amide bonds. The second-order valence-corrected chi connectivity index (χ2v) is 22.9. The van der Waals surface area contributed by atoms with Crippen LogP contribution in [0, 0.1) is 0 Å². The van der Waals surface area contributed by atoms with Crippen molar-refractivity contribution in [1.82, 2.24) is 0 Å². The summed E-state index contributed by atoms with van der Waals surface area (Å²) in [4.78, 5) is 9.79. The number of thiophene rings is 6. The number of fused-ring (bicyclic) bond motifs is 6. The summed E-state index contributed by atoms with van der Waals surface area (Å²) in [5.74, 6) is 0. The molecular weight excluding hydrogens is 893 g/mol. The van der Waals surface area contributed by atoms with Crippen LogP contribution in [0.15, 0.2) is 170 Å². The van der Waals surface area contributed by atoms with Gasteiger partial charge >= 0.3 is 0 Å². The van der Waals surface area contributed by atoms with Crippen molar-refractivity contribution in [1.29, 1.82) is 0 Å². The third-order valence-electron chi connectivity index (χ3n) is 12.0. The summed E-state index contributed by atoms with van der Waals surface area (Å²) in [5, 5.41) is 0. The molecule has 0 N–H and O–H groups in total. The molecule has 12 rings (SSSR count). The number of nitrogens with zero attached hydrogens (tertiary/aromatic N) is 2. The molecule has 6 heterocycles. The molecule has 0 aliphatic carbocycles. The van der Waals surface area contributed by atoms with Gasteiger partial charge in [-0.15, -0.1) is 68.0 Å². The van der Waals surface area contributed by atoms with Crippen molar-refractivity contribution in [2.45, 2.75) is 0 Å². The molecule has 0 saturated carbocycles. The van der Waals surface area contributed by atoms with E-state index in [9.17, 15) is 0 Å². The second kappa shape index (κ2) is 16.0. The van der Waals surface area contributed by atoms with Crippen LogP contribution in [-0.4, -0.2) is 28.2 Å². The Kier molecular flexibility index (Phi) is 9.93. The molecule has 0 unspecified atom stereocenters. The Morgan fingerprint density at radius 1 is 0.281 bits per heavy atom. The highest BCUT2D eigenvalue weighted by molar-refractivity contribution is 7.42. The Bertz CT molecular complexity index is 3290. The minimum absolute atomic E-state index is 1.20. The SMILES string of the molecule is CN(C)c1cc(-c2ccccc2)c(-c2cc3sc4cc(-c5cc6sc7cc(-c8c(-c9ccccc9)cc(N(C)C)cc8-c8ccccc8)sc7c6s5)sc4c3s2)c(-c2ccccc2)c1. The Labute approximate surface area is 396 Å². The number of rotatable bonds is 9. The maximum Gasteiger partial charge on any atom is 0.0636 e. The Morgan fingerprint density at radius 2 is 0.531 bits per heavy atom. The Balaban J connectivity index is 0.965. The molecule has 6 aromatic heterocycles. The summed E-state index contributed by atoms with van der Waals surface area (Å²) < 4.78 is 11.1. The molecule has 0 saturated heterocycles. The van der Waals surface area contributed by atoms with Crippen LogP contribution in [-0.2, 0) is 0 Å². The van der Waals surface area contributed by atoms with Crippen LogP contribution in [0.2, 0.25) is 0 Å². The van der Waals surface area contributed by atoms with E-state index < -0.39 is 0 Å². The fraction of sp³-hybridized carbons (Fsp3) is 0.0714. The first-order valence-corrected chi connectivity index (χ1v) is 26.1. The van der Waals surface area contributed by atoms with Gasteiger partial charge in [-0.1, -0.05) is 121 Å². The zero-order valence-electron chi connectivity index (χ0n) is 35.5. The van der Waals surface area contributed by atoms with Gasteiger partial charge in [-0.25, -0.2) is 0 Å². The molecule has 6 aromatic carbocycles. The van der Waals surface area contributed by atoms with E-state index in [2.05, 4.69) is 208 Å². The molecule has 310 valence electrons. The largest absolute Gasteiger partial charge is 0.378 e. The third kappa shape index (κ3) is 6.83. The minimum atomic E-state index is 1.20. The second-order valence-electron chi connectivity index (χ2n) is 16.5. The van der Waals surface area contributed by atoms with Gasteiger partial charge in [-0.3, -0.25) is 0 Å². The number of hydrogen-bond acceptors (Lipinski definition) is 8. The average Bonchev–Trinajstić information content (AvgIpc) is 4.19. The van der Waals surface area contributed by atoms with Crippen molar-refractivity contribution in [2.75, 3.05) is 38.0 Å². The van der Waals surface area contributed by atoms with Crippen molar-refractivity contribution in [3.63, 3.8) is 0 Å². The van der Waals surface area contributed by atoms with E-state index in [4.69, 9.17) is 0 Å². The standard InChI is InChI=1S/C56H40N2S6/c1-57(2)37-25-39(33-17-9-5-10-18-33)51(40(26-37)34-19-11-6-12-20-34)45-31-49-55(63-45)53-47(59-49)29-43(61-53)44-30-48-54(62-44)56-50(60-48)32-46(64-56)52-41(35-21-13-7-14-22-35)27-38(58(3)4)28-42(52)36-23-15-8-16-24-36/h5-32H,1-4H3. The molecule has 0 atom stereocenters. The highest BCUT2D eigenvalue weighted by Gasteiger charge is 2.24. The average molecular weight is 933 g/mol. The van der Waals surface area contributed by atoms with E-state index in [0.717, 1.165) is 0 Å². The van der Waals surface area contributed by atoms with E-state index >= 15 is 0 Å². The third-order valence-corrected chi connectivity index (χ3v) is 19.8. The fourth-order valence-corrected chi connectivity index (χ4v) is 17.1. The van der Waals surface area contributed by atoms with Gasteiger partial charge in [0.25, 0.3) is 0 Å². The molecule has 0 bridgehead atoms. The zero-order chi connectivity index (χ0) is 43.1. The molecule has 64 heavy (non-hydrogen) atoms. The first-order chi connectivity index (χ1) is 31.3. The van der Waals surface area contributed by atoms with E-state index in [1.807, 2.05) is 68.0 Å². The van der Waals surface area contributed by atoms with Gasteiger partial charge in [0, 0.05) is 89.0 Å². The van der Waals surface area contributed by atoms with Crippen LogP contribution in [0.3, 0.4) is 0 Å². The minimum Gasteiger partial charge on any atom is -0.378 e. The van der Waals surface area contributed by atoms with Gasteiger partial charge < -0.3 is 9.80 Å². The monoisotopic (exact) mass is 932 g/mol. The van der Waals surface area contributed by atoms with Crippen LogP contribution in [0.1, 0.15) is 0 Å². The topological polar surface area (TPSA) is 6.48 Å². The van der Waals surface area contributed by atoms with Gasteiger partial charge in [0.05, 0.1) is 18.8 Å². The summed E-state index contributed by atoms with van der Waals surface area (Å²) >= 11 is 11.7. The van der Waals surface area contributed by atoms with Crippen molar-refractivity contribution in [3.8, 4) is 75.1 Å². The fourth-order valence-electron chi connectivity index (χ4n) is 8.84. The maximum atomic E-state index is 2.45. The normalized spacial score (nSPS) is 11.8. The lowest BCUT2D eigenvalue weighted by Crippen LogP contribution is -2.09. The quantitative estimate of drug-likeness (QED) is 0.142. The summed E-state index contributed by atoms with van der Waals surface area (Å²) in [6, 6.07) is 62.9. The van der Waals surface area contributed by atoms with Crippen LogP contribution in [0.25, 0.3) is 113 Å². The number of benzene rings is 6. The van der Waals surface area contributed by atoms with E-state index in [0.29, 0.717) is 0 Å². The first kappa shape index (κ1) is 39.7. The lowest BCUT2D eigenvalue weighted by atomic mass is 9.90. The molecule has 0 aliphatic heterocycles. The molecule has 0 aliphatic rings. The summed E-state index contributed by atoms with van der Waals surface area (Å²) in [6.45, 7) is 0. The molecule has 8 heteroatoms. The maximum absolute atomic E-state index is 2.45. The van der Waals surface area contributed by atoms with Crippen LogP contribution in [0.5, 0.6) is 0 Å². The summed E-state index contributed by atoms with van der Waals surface area (Å²) in [6.07, 6.45) is 0. The molecular formula is C56H40N2S6. The van der Waals surface area contributed by atoms with Gasteiger partial charge in [-0.05, 0) is 93.0 Å². The zero-order valence-corrected chi connectivity index (χ0v) is 40.4. The number of anilines is 2. The van der Waals surface area contributed by atoms with Crippen molar-refractivity contribution in [3.05, 3.63) is 170 Å².